The van der Waals surface area contributed by atoms with Crippen molar-refractivity contribution >= 4 is 5.97 Å². The average Bonchev–Trinajstić information content (AvgIpc) is 2.06. The number of hydrogen-bond acceptors (Lipinski definition) is 4. The molecule has 0 spiro atoms. The summed E-state index contributed by atoms with van der Waals surface area (Å²) in [5, 5.41) is 10.3. The summed E-state index contributed by atoms with van der Waals surface area (Å²) >= 11 is 0. The summed E-state index contributed by atoms with van der Waals surface area (Å²) in [7, 11) is 1.55. The Balaban J connectivity index is 0.00000144. The number of ether oxygens (including phenoxy) is 1. The van der Waals surface area contributed by atoms with Crippen molar-refractivity contribution in [3.8, 4) is 0 Å². The van der Waals surface area contributed by atoms with E-state index in [-0.39, 0.29) is 35.1 Å². The Bertz CT molecular complexity index is 273. The van der Waals surface area contributed by atoms with Crippen LogP contribution in [0.15, 0.2) is 18.3 Å². The third kappa shape index (κ3) is 3.87. The first-order valence-corrected chi connectivity index (χ1v) is 3.39. The van der Waals surface area contributed by atoms with E-state index in [1.165, 1.54) is 12.3 Å². The first-order chi connectivity index (χ1) is 5.74. The van der Waals surface area contributed by atoms with Gasteiger partial charge in [-0.15, -0.1) is 0 Å². The van der Waals surface area contributed by atoms with Crippen molar-refractivity contribution in [3.05, 3.63) is 29.6 Å². The number of aromatic nitrogens is 1. The van der Waals surface area contributed by atoms with Gasteiger partial charge in [-0.25, -0.2) is 0 Å². The predicted molar refractivity (Wildman–Crippen MR) is 39.3 cm³/mol. The van der Waals surface area contributed by atoms with Gasteiger partial charge < -0.3 is 14.6 Å². The molecule has 0 aliphatic rings. The van der Waals surface area contributed by atoms with Gasteiger partial charge in [-0.1, -0.05) is 0 Å². The van der Waals surface area contributed by atoms with Crippen molar-refractivity contribution in [1.29, 1.82) is 0 Å². The number of hydrogen-bond donors (Lipinski definition) is 0. The fourth-order valence-electron chi connectivity index (χ4n) is 0.779. The monoisotopic (exact) mass is 189 g/mol. The van der Waals surface area contributed by atoms with Crippen LogP contribution in [-0.2, 0) is 11.3 Å². The summed E-state index contributed by atoms with van der Waals surface area (Å²) in [4.78, 5) is 14.1. The van der Waals surface area contributed by atoms with Crippen molar-refractivity contribution in [2.24, 2.45) is 0 Å². The number of carbonyl (C=O) groups excluding carboxylic acids is 1. The van der Waals surface area contributed by atoms with Crippen molar-refractivity contribution in [2.75, 3.05) is 7.11 Å². The maximum absolute atomic E-state index is 10.3. The Morgan fingerprint density at radius 2 is 2.31 bits per heavy atom. The molecule has 1 aromatic heterocycles. The van der Waals surface area contributed by atoms with E-state index >= 15 is 0 Å². The molecule has 0 bridgehead atoms. The van der Waals surface area contributed by atoms with Crippen LogP contribution in [0.4, 0.5) is 0 Å². The van der Waals surface area contributed by atoms with Gasteiger partial charge in [0, 0.05) is 18.9 Å². The van der Waals surface area contributed by atoms with Crippen molar-refractivity contribution in [2.45, 2.75) is 6.61 Å². The van der Waals surface area contributed by atoms with Gasteiger partial charge in [0.25, 0.3) is 0 Å². The van der Waals surface area contributed by atoms with Crippen molar-refractivity contribution in [1.82, 2.24) is 4.98 Å². The van der Waals surface area contributed by atoms with Gasteiger partial charge in [-0.05, 0) is 12.1 Å². The molecule has 1 rings (SSSR count). The van der Waals surface area contributed by atoms with E-state index in [0.29, 0.717) is 12.3 Å². The van der Waals surface area contributed by atoms with Crippen LogP contribution >= 0.6 is 0 Å². The molecule has 1 heterocycles. The Hall–Kier alpha value is -0.420. The molecular weight excluding hydrogens is 181 g/mol. The zero-order valence-corrected chi connectivity index (χ0v) is 9.61. The standard InChI is InChI=1S/C8H9NO3.Na/c1-12-5-7-3-2-6(4-9-7)8(10)11;/h2-4H,5H2,1H3,(H,10,11);/q;+1/p-1. The van der Waals surface area contributed by atoms with Crippen LogP contribution in [0, 0.1) is 0 Å². The van der Waals surface area contributed by atoms with Gasteiger partial charge in [0.1, 0.15) is 0 Å². The second kappa shape index (κ2) is 6.10. The Labute approximate surface area is 98.2 Å². The predicted octanol–water partition coefficient (Wildman–Crippen LogP) is -3.40. The molecule has 0 radical (unpaired) electrons. The van der Waals surface area contributed by atoms with E-state index in [1.807, 2.05) is 0 Å². The van der Waals surface area contributed by atoms with Crippen LogP contribution < -0.4 is 34.7 Å². The number of aromatic carboxylic acids is 1. The van der Waals surface area contributed by atoms with Crippen LogP contribution in [0.25, 0.3) is 0 Å². The van der Waals surface area contributed by atoms with Crippen LogP contribution in [-0.4, -0.2) is 18.1 Å². The van der Waals surface area contributed by atoms with E-state index in [4.69, 9.17) is 4.74 Å². The molecule has 64 valence electrons. The molecule has 0 atom stereocenters. The van der Waals surface area contributed by atoms with Gasteiger partial charge in [0.15, 0.2) is 0 Å². The van der Waals surface area contributed by atoms with E-state index in [0.717, 1.165) is 0 Å². The van der Waals surface area contributed by atoms with Gasteiger partial charge in [-0.3, -0.25) is 4.98 Å². The summed E-state index contributed by atoms with van der Waals surface area (Å²) in [6, 6.07) is 3.03. The number of carboxylic acids is 1. The minimum absolute atomic E-state index is 0. The molecule has 13 heavy (non-hydrogen) atoms. The Morgan fingerprint density at radius 1 is 1.62 bits per heavy atom. The van der Waals surface area contributed by atoms with Gasteiger partial charge in [0.2, 0.25) is 0 Å². The van der Waals surface area contributed by atoms with E-state index in [2.05, 4.69) is 4.98 Å². The number of nitrogens with zero attached hydrogens (tertiary/aromatic N) is 1. The van der Waals surface area contributed by atoms with Crippen LogP contribution in [0.1, 0.15) is 16.1 Å². The Kier molecular flexibility index (Phi) is 5.90. The number of pyridine rings is 1. The molecule has 0 N–H and O–H groups in total. The molecule has 0 aromatic carbocycles. The maximum atomic E-state index is 10.3. The summed E-state index contributed by atoms with van der Waals surface area (Å²) in [5.74, 6) is -1.22. The largest absolute Gasteiger partial charge is 1.00 e. The van der Waals surface area contributed by atoms with E-state index in [9.17, 15) is 9.90 Å². The maximum Gasteiger partial charge on any atom is 1.00 e. The Morgan fingerprint density at radius 3 is 2.69 bits per heavy atom. The minimum Gasteiger partial charge on any atom is -0.545 e. The number of methoxy groups -OCH3 is 1. The first-order valence-electron chi connectivity index (χ1n) is 3.39. The molecule has 0 aliphatic heterocycles. The second-order valence-corrected chi connectivity index (χ2v) is 2.26. The third-order valence-corrected chi connectivity index (χ3v) is 1.35. The fourth-order valence-corrected chi connectivity index (χ4v) is 0.779. The zero-order chi connectivity index (χ0) is 8.97. The SMILES string of the molecule is COCc1ccc(C(=O)[O-])cn1.[Na+]. The topological polar surface area (TPSA) is 62.2 Å². The smallest absolute Gasteiger partial charge is 0.545 e. The summed E-state index contributed by atoms with van der Waals surface area (Å²) in [5.41, 5.74) is 0.775. The van der Waals surface area contributed by atoms with Crippen molar-refractivity contribution < 1.29 is 44.2 Å². The normalized spacial score (nSPS) is 9.00. The molecule has 0 aliphatic carbocycles. The van der Waals surface area contributed by atoms with E-state index < -0.39 is 5.97 Å². The average molecular weight is 189 g/mol. The van der Waals surface area contributed by atoms with Crippen LogP contribution in [0.5, 0.6) is 0 Å². The number of rotatable bonds is 3. The molecule has 4 nitrogen and oxygen atoms in total. The molecule has 0 fully saturated rings. The third-order valence-electron chi connectivity index (χ3n) is 1.35. The quantitative estimate of drug-likeness (QED) is 0.465. The number of carboxylic acid groups (broad SMARTS) is 1. The van der Waals surface area contributed by atoms with Crippen LogP contribution in [0.3, 0.4) is 0 Å². The second-order valence-electron chi connectivity index (χ2n) is 2.26. The van der Waals surface area contributed by atoms with E-state index in [1.54, 1.807) is 13.2 Å². The van der Waals surface area contributed by atoms with Gasteiger partial charge in [-0.2, -0.15) is 0 Å². The fraction of sp³-hybridized carbons (Fsp3) is 0.250. The van der Waals surface area contributed by atoms with Gasteiger partial charge in [0.05, 0.1) is 18.3 Å². The molecule has 5 heteroatoms. The molecule has 0 unspecified atom stereocenters. The molecule has 0 amide bonds. The zero-order valence-electron chi connectivity index (χ0n) is 7.61. The molecule has 1 aromatic rings. The first kappa shape index (κ1) is 12.6. The summed E-state index contributed by atoms with van der Waals surface area (Å²) < 4.78 is 4.80. The molecule has 0 saturated carbocycles. The number of carbonyl (C=O) groups is 1. The summed E-state index contributed by atoms with van der Waals surface area (Å²) in [6.07, 6.45) is 1.25. The van der Waals surface area contributed by atoms with Crippen molar-refractivity contribution in [3.63, 3.8) is 0 Å². The summed E-state index contributed by atoms with van der Waals surface area (Å²) in [6.45, 7) is 0.382. The molecular formula is C8H8NNaO3. The molecule has 0 saturated heterocycles. The minimum atomic E-state index is -1.22. The van der Waals surface area contributed by atoms with Gasteiger partial charge >= 0.3 is 29.6 Å². The van der Waals surface area contributed by atoms with Crippen LogP contribution in [0.2, 0.25) is 0 Å².